The Morgan fingerprint density at radius 2 is 2.15 bits per heavy atom. The molecule has 1 aromatic carbocycles. The van der Waals surface area contributed by atoms with Crippen LogP contribution in [0.25, 0.3) is 0 Å². The van der Waals surface area contributed by atoms with Crippen LogP contribution in [0.1, 0.15) is 31.2 Å². The van der Waals surface area contributed by atoms with E-state index in [-0.39, 0.29) is 10.8 Å². The van der Waals surface area contributed by atoms with Gasteiger partial charge in [-0.15, -0.1) is 4.40 Å². The normalized spacial score (nSPS) is 24.0. The fourth-order valence-electron chi connectivity index (χ4n) is 2.65. The largest absolute Gasteiger partial charge is 0.477 e. The average Bonchev–Trinajstić information content (AvgIpc) is 2.72. The van der Waals surface area contributed by atoms with Gasteiger partial charge in [-0.3, -0.25) is 0 Å². The number of ether oxygens (including phenoxy) is 1. The molecule has 6 heteroatoms. The predicted molar refractivity (Wildman–Crippen MR) is 76.4 cm³/mol. The highest BCUT2D eigenvalue weighted by molar-refractivity contribution is 7.90. The van der Waals surface area contributed by atoms with Crippen LogP contribution in [-0.4, -0.2) is 33.5 Å². The molecule has 1 aromatic rings. The van der Waals surface area contributed by atoms with E-state index in [2.05, 4.69) is 9.71 Å². The highest BCUT2D eigenvalue weighted by Gasteiger charge is 2.29. The molecule has 3 rings (SSSR count). The molecule has 1 N–H and O–H groups in total. The number of sulfonamides is 1. The van der Waals surface area contributed by atoms with E-state index in [1.54, 1.807) is 24.3 Å². The quantitative estimate of drug-likeness (QED) is 0.921. The van der Waals surface area contributed by atoms with Crippen molar-refractivity contribution in [2.45, 2.75) is 36.6 Å². The van der Waals surface area contributed by atoms with Crippen molar-refractivity contribution in [1.82, 2.24) is 5.32 Å². The highest BCUT2D eigenvalue weighted by Crippen LogP contribution is 2.26. The molecule has 0 radical (unpaired) electrons. The Balaban J connectivity index is 1.64. The first-order chi connectivity index (χ1) is 9.67. The maximum atomic E-state index is 11.8. The van der Waals surface area contributed by atoms with E-state index in [0.717, 1.165) is 19.4 Å². The number of benzene rings is 1. The highest BCUT2D eigenvalue weighted by atomic mass is 32.2. The maximum Gasteiger partial charge on any atom is 0.286 e. The van der Waals surface area contributed by atoms with Gasteiger partial charge in [0.15, 0.2) is 0 Å². The smallest absolute Gasteiger partial charge is 0.286 e. The molecule has 0 unspecified atom stereocenters. The summed E-state index contributed by atoms with van der Waals surface area (Å²) in [6.45, 7) is 1.54. The number of nitrogens with one attached hydrogen (secondary N) is 1. The van der Waals surface area contributed by atoms with E-state index in [0.29, 0.717) is 18.2 Å². The average molecular weight is 294 g/mol. The minimum absolute atomic E-state index is 0.233. The summed E-state index contributed by atoms with van der Waals surface area (Å²) in [7, 11) is -3.56. The van der Waals surface area contributed by atoms with Crippen molar-refractivity contribution in [3.63, 3.8) is 0 Å². The van der Waals surface area contributed by atoms with Gasteiger partial charge >= 0.3 is 0 Å². The molecule has 108 valence electrons. The first-order valence-corrected chi connectivity index (χ1v) is 8.41. The van der Waals surface area contributed by atoms with E-state index in [1.807, 2.05) is 0 Å². The number of fused-ring (bicyclic) bond motifs is 1. The molecule has 2 heterocycles. The van der Waals surface area contributed by atoms with Gasteiger partial charge in [-0.2, -0.15) is 8.42 Å². The standard InChI is InChI=1S/C14H18N2O3S/c17-20(18)13-7-2-1-6-12(13)14(16-20)19-10-8-11-5-3-4-9-15-11/h1-2,6-7,11,15H,3-5,8-10H2/t11-/m0/s1. The third-order valence-corrected chi connectivity index (χ3v) is 5.03. The van der Waals surface area contributed by atoms with E-state index in [9.17, 15) is 8.42 Å². The molecule has 1 atom stereocenters. The lowest BCUT2D eigenvalue weighted by molar-refractivity contribution is 0.260. The Labute approximate surface area is 119 Å². The first kappa shape index (κ1) is 13.6. The summed E-state index contributed by atoms with van der Waals surface area (Å²) in [5, 5.41) is 3.44. The second-order valence-corrected chi connectivity index (χ2v) is 6.72. The molecule has 0 amide bonds. The molecule has 0 spiro atoms. The van der Waals surface area contributed by atoms with E-state index in [1.165, 1.54) is 12.8 Å². The Morgan fingerprint density at radius 3 is 2.95 bits per heavy atom. The van der Waals surface area contributed by atoms with Crippen molar-refractivity contribution < 1.29 is 13.2 Å². The molecule has 20 heavy (non-hydrogen) atoms. The summed E-state index contributed by atoms with van der Waals surface area (Å²) >= 11 is 0. The Kier molecular flexibility index (Phi) is 3.76. The fraction of sp³-hybridized carbons (Fsp3) is 0.500. The lowest BCUT2D eigenvalue weighted by atomic mass is 10.0. The maximum absolute atomic E-state index is 11.8. The third-order valence-electron chi connectivity index (χ3n) is 3.72. The zero-order valence-corrected chi connectivity index (χ0v) is 12.0. The zero-order valence-electron chi connectivity index (χ0n) is 11.2. The second kappa shape index (κ2) is 5.54. The van der Waals surface area contributed by atoms with E-state index >= 15 is 0 Å². The van der Waals surface area contributed by atoms with Gasteiger partial charge < -0.3 is 10.1 Å². The number of nitrogens with zero attached hydrogens (tertiary/aromatic N) is 1. The van der Waals surface area contributed by atoms with Crippen molar-refractivity contribution in [3.8, 4) is 0 Å². The summed E-state index contributed by atoms with van der Waals surface area (Å²) in [6, 6.07) is 7.25. The predicted octanol–water partition coefficient (Wildman–Crippen LogP) is 1.68. The van der Waals surface area contributed by atoms with Crippen molar-refractivity contribution in [2.75, 3.05) is 13.2 Å². The number of rotatable bonds is 3. The van der Waals surface area contributed by atoms with Crippen LogP contribution in [0.2, 0.25) is 0 Å². The summed E-state index contributed by atoms with van der Waals surface area (Å²) in [6.07, 6.45) is 4.51. The number of piperidine rings is 1. The summed E-state index contributed by atoms with van der Waals surface area (Å²) in [4.78, 5) is 0.241. The fourth-order valence-corrected chi connectivity index (χ4v) is 3.80. The summed E-state index contributed by atoms with van der Waals surface area (Å²) in [5.41, 5.74) is 0.573. The van der Waals surface area contributed by atoms with Gasteiger partial charge in [-0.1, -0.05) is 18.6 Å². The van der Waals surface area contributed by atoms with Gasteiger partial charge in [0.2, 0.25) is 5.90 Å². The molecule has 0 bridgehead atoms. The Hall–Kier alpha value is -1.40. The van der Waals surface area contributed by atoms with Crippen LogP contribution in [-0.2, 0) is 14.8 Å². The van der Waals surface area contributed by atoms with Crippen molar-refractivity contribution in [3.05, 3.63) is 29.8 Å². The van der Waals surface area contributed by atoms with Crippen LogP contribution < -0.4 is 5.32 Å². The van der Waals surface area contributed by atoms with Crippen LogP contribution in [0.4, 0.5) is 0 Å². The third kappa shape index (κ3) is 2.71. The topological polar surface area (TPSA) is 67.8 Å². The minimum Gasteiger partial charge on any atom is -0.477 e. The van der Waals surface area contributed by atoms with Gasteiger partial charge in [-0.05, 0) is 37.9 Å². The SMILES string of the molecule is O=S1(=O)N=C(OCC[C@@H]2CCCCN2)c2ccccc21. The molecular formula is C14H18N2O3S. The molecule has 1 saturated heterocycles. The van der Waals surface area contributed by atoms with Crippen LogP contribution >= 0.6 is 0 Å². The van der Waals surface area contributed by atoms with Crippen LogP contribution in [0, 0.1) is 0 Å². The molecular weight excluding hydrogens is 276 g/mol. The van der Waals surface area contributed by atoms with E-state index in [4.69, 9.17) is 4.74 Å². The Bertz CT molecular complexity index is 619. The molecule has 2 aliphatic rings. The first-order valence-electron chi connectivity index (χ1n) is 6.97. The Morgan fingerprint density at radius 1 is 1.30 bits per heavy atom. The molecule has 2 aliphatic heterocycles. The monoisotopic (exact) mass is 294 g/mol. The van der Waals surface area contributed by atoms with Gasteiger partial charge in [0.05, 0.1) is 12.2 Å². The zero-order chi connectivity index (χ0) is 14.0. The molecule has 5 nitrogen and oxygen atoms in total. The summed E-state index contributed by atoms with van der Waals surface area (Å²) in [5.74, 6) is 0.233. The molecule has 0 aromatic heterocycles. The minimum atomic E-state index is -3.56. The number of hydrogen-bond donors (Lipinski definition) is 1. The van der Waals surface area contributed by atoms with Crippen LogP contribution in [0.3, 0.4) is 0 Å². The molecule has 0 saturated carbocycles. The number of hydrogen-bond acceptors (Lipinski definition) is 4. The molecule has 0 aliphatic carbocycles. The molecule has 1 fully saturated rings. The van der Waals surface area contributed by atoms with Crippen molar-refractivity contribution in [2.24, 2.45) is 4.40 Å². The van der Waals surface area contributed by atoms with Crippen molar-refractivity contribution in [1.29, 1.82) is 0 Å². The lowest BCUT2D eigenvalue weighted by Crippen LogP contribution is -2.35. The van der Waals surface area contributed by atoms with Crippen LogP contribution in [0.5, 0.6) is 0 Å². The van der Waals surface area contributed by atoms with Crippen LogP contribution in [0.15, 0.2) is 33.6 Å². The van der Waals surface area contributed by atoms with Gasteiger partial charge in [-0.25, -0.2) is 0 Å². The van der Waals surface area contributed by atoms with Gasteiger partial charge in [0.25, 0.3) is 10.0 Å². The van der Waals surface area contributed by atoms with E-state index < -0.39 is 10.0 Å². The van der Waals surface area contributed by atoms with Crippen molar-refractivity contribution >= 4 is 15.9 Å². The second-order valence-electron chi connectivity index (χ2n) is 5.15. The lowest BCUT2D eigenvalue weighted by Gasteiger charge is -2.23. The van der Waals surface area contributed by atoms with Gasteiger partial charge in [0.1, 0.15) is 4.90 Å². The summed E-state index contributed by atoms with van der Waals surface area (Å²) < 4.78 is 33.0. The van der Waals surface area contributed by atoms with Gasteiger partial charge in [0, 0.05) is 6.04 Å².